The summed E-state index contributed by atoms with van der Waals surface area (Å²) < 4.78 is 0. The highest BCUT2D eigenvalue weighted by Gasteiger charge is 2.25. The standard InChI is InChI=1S/C25H24ClN3S/c1-15(2)17-10-12-19(13-11-17)21-16(3)30-24-22(21)23(27-25(26)28-24)29-14-6-8-18-7-4-5-9-20(18)29/h4-5,7,9-13,15H,6,8,14H2,1-3H3. The fourth-order valence-electron chi connectivity index (χ4n) is 4.40. The summed E-state index contributed by atoms with van der Waals surface area (Å²) in [5, 5.41) is 1.42. The van der Waals surface area contributed by atoms with Crippen molar-refractivity contribution in [3.05, 3.63) is 69.8 Å². The van der Waals surface area contributed by atoms with Crippen LogP contribution in [0.1, 0.15) is 42.2 Å². The van der Waals surface area contributed by atoms with Crippen molar-refractivity contribution in [3.8, 4) is 11.1 Å². The Morgan fingerprint density at radius 2 is 1.80 bits per heavy atom. The first-order chi connectivity index (χ1) is 14.5. The molecule has 4 aromatic rings. The number of aryl methyl sites for hydroxylation is 2. The van der Waals surface area contributed by atoms with Crippen molar-refractivity contribution in [2.45, 2.75) is 39.5 Å². The van der Waals surface area contributed by atoms with Crippen molar-refractivity contribution in [2.24, 2.45) is 0 Å². The van der Waals surface area contributed by atoms with E-state index in [0.29, 0.717) is 11.2 Å². The molecule has 0 radical (unpaired) electrons. The molecule has 30 heavy (non-hydrogen) atoms. The Bertz CT molecular complexity index is 1230. The van der Waals surface area contributed by atoms with Crippen molar-refractivity contribution in [1.29, 1.82) is 0 Å². The quantitative estimate of drug-likeness (QED) is 0.312. The van der Waals surface area contributed by atoms with Gasteiger partial charge in [-0.25, -0.2) is 4.98 Å². The molecule has 3 heterocycles. The number of rotatable bonds is 3. The van der Waals surface area contributed by atoms with Gasteiger partial charge in [-0.15, -0.1) is 11.3 Å². The van der Waals surface area contributed by atoms with Crippen LogP contribution in [0.25, 0.3) is 21.3 Å². The molecule has 0 N–H and O–H groups in total. The van der Waals surface area contributed by atoms with Crippen LogP contribution in [-0.4, -0.2) is 16.5 Å². The number of benzene rings is 2. The van der Waals surface area contributed by atoms with Crippen LogP contribution in [0.15, 0.2) is 48.5 Å². The van der Waals surface area contributed by atoms with E-state index >= 15 is 0 Å². The van der Waals surface area contributed by atoms with Crippen LogP contribution < -0.4 is 4.90 Å². The predicted octanol–water partition coefficient (Wildman–Crippen LogP) is 7.53. The van der Waals surface area contributed by atoms with Crippen LogP contribution in [0.3, 0.4) is 0 Å². The summed E-state index contributed by atoms with van der Waals surface area (Å²) in [6.45, 7) is 7.55. The Hall–Kier alpha value is -2.43. The molecule has 0 saturated heterocycles. The average Bonchev–Trinajstić information content (AvgIpc) is 3.08. The van der Waals surface area contributed by atoms with Gasteiger partial charge in [-0.1, -0.05) is 56.3 Å². The van der Waals surface area contributed by atoms with Gasteiger partial charge in [0.05, 0.1) is 5.39 Å². The highest BCUT2D eigenvalue weighted by atomic mass is 35.5. The molecule has 0 aliphatic carbocycles. The number of thiophene rings is 1. The van der Waals surface area contributed by atoms with Gasteiger partial charge < -0.3 is 4.90 Å². The minimum absolute atomic E-state index is 0.309. The van der Waals surface area contributed by atoms with E-state index < -0.39 is 0 Å². The largest absolute Gasteiger partial charge is 0.325 e. The molecule has 152 valence electrons. The van der Waals surface area contributed by atoms with Crippen LogP contribution in [0.4, 0.5) is 11.5 Å². The Morgan fingerprint density at radius 3 is 2.57 bits per heavy atom. The molecule has 3 nitrogen and oxygen atoms in total. The van der Waals surface area contributed by atoms with Crippen LogP contribution in [0, 0.1) is 6.92 Å². The van der Waals surface area contributed by atoms with Crippen molar-refractivity contribution in [1.82, 2.24) is 9.97 Å². The molecule has 5 rings (SSSR count). The fourth-order valence-corrected chi connectivity index (χ4v) is 5.65. The van der Waals surface area contributed by atoms with Gasteiger partial charge in [-0.05, 0) is 60.0 Å². The monoisotopic (exact) mass is 433 g/mol. The summed E-state index contributed by atoms with van der Waals surface area (Å²) in [5.74, 6) is 1.44. The molecule has 1 aliphatic rings. The highest BCUT2D eigenvalue weighted by Crippen LogP contribution is 2.45. The van der Waals surface area contributed by atoms with Crippen LogP contribution in [0.2, 0.25) is 5.28 Å². The van der Waals surface area contributed by atoms with Crippen molar-refractivity contribution in [2.75, 3.05) is 11.4 Å². The normalized spacial score (nSPS) is 13.8. The second kappa shape index (κ2) is 7.68. The lowest BCUT2D eigenvalue weighted by Crippen LogP contribution is -2.25. The third-order valence-electron chi connectivity index (χ3n) is 5.91. The van der Waals surface area contributed by atoms with Gasteiger partial charge in [0.2, 0.25) is 5.28 Å². The molecule has 0 bridgehead atoms. The third kappa shape index (κ3) is 3.28. The van der Waals surface area contributed by atoms with Gasteiger partial charge >= 0.3 is 0 Å². The van der Waals surface area contributed by atoms with Gasteiger partial charge in [-0.2, -0.15) is 4.98 Å². The van der Waals surface area contributed by atoms with E-state index in [4.69, 9.17) is 16.6 Å². The maximum atomic E-state index is 6.39. The molecule has 0 amide bonds. The smallest absolute Gasteiger partial charge is 0.225 e. The van der Waals surface area contributed by atoms with Gasteiger partial charge in [0.15, 0.2) is 0 Å². The Balaban J connectivity index is 1.74. The lowest BCUT2D eigenvalue weighted by Gasteiger charge is -2.31. The first-order valence-corrected chi connectivity index (χ1v) is 11.6. The average molecular weight is 434 g/mol. The van der Waals surface area contributed by atoms with Crippen molar-refractivity contribution >= 4 is 44.7 Å². The first-order valence-electron chi connectivity index (χ1n) is 10.5. The Kier molecular flexibility index (Phi) is 5.00. The zero-order valence-electron chi connectivity index (χ0n) is 17.4. The second-order valence-electron chi connectivity index (χ2n) is 8.19. The minimum Gasteiger partial charge on any atom is -0.325 e. The van der Waals surface area contributed by atoms with Crippen LogP contribution >= 0.6 is 22.9 Å². The number of fused-ring (bicyclic) bond motifs is 2. The van der Waals surface area contributed by atoms with Gasteiger partial charge in [0, 0.05) is 22.7 Å². The summed E-state index contributed by atoms with van der Waals surface area (Å²) >= 11 is 8.09. The minimum atomic E-state index is 0.309. The molecular formula is C25H24ClN3S. The fraction of sp³-hybridized carbons (Fsp3) is 0.280. The molecular weight excluding hydrogens is 410 g/mol. The number of aromatic nitrogens is 2. The summed E-state index contributed by atoms with van der Waals surface area (Å²) in [6.07, 6.45) is 2.20. The summed E-state index contributed by atoms with van der Waals surface area (Å²) in [6, 6.07) is 17.5. The van der Waals surface area contributed by atoms with Gasteiger partial charge in [-0.3, -0.25) is 0 Å². The number of para-hydroxylation sites is 1. The number of nitrogens with zero attached hydrogens (tertiary/aromatic N) is 3. The van der Waals surface area contributed by atoms with E-state index in [1.807, 2.05) is 0 Å². The van der Waals surface area contributed by atoms with Gasteiger partial charge in [0.25, 0.3) is 0 Å². The summed E-state index contributed by atoms with van der Waals surface area (Å²) in [4.78, 5) is 13.9. The Labute approximate surface area is 186 Å². The Morgan fingerprint density at radius 1 is 1.03 bits per heavy atom. The molecule has 0 spiro atoms. The maximum Gasteiger partial charge on any atom is 0.225 e. The SMILES string of the molecule is Cc1sc2nc(Cl)nc(N3CCCc4ccccc43)c2c1-c1ccc(C(C)C)cc1. The molecule has 1 aliphatic heterocycles. The van der Waals surface area contributed by atoms with Crippen molar-refractivity contribution < 1.29 is 0 Å². The van der Waals surface area contributed by atoms with E-state index in [2.05, 4.69) is 79.2 Å². The van der Waals surface area contributed by atoms with Crippen LogP contribution in [-0.2, 0) is 6.42 Å². The zero-order valence-corrected chi connectivity index (χ0v) is 19.0. The molecule has 2 aromatic carbocycles. The molecule has 2 aromatic heterocycles. The molecule has 5 heteroatoms. The number of anilines is 2. The van der Waals surface area contributed by atoms with E-state index in [1.165, 1.54) is 32.8 Å². The van der Waals surface area contributed by atoms with Crippen molar-refractivity contribution in [3.63, 3.8) is 0 Å². The zero-order chi connectivity index (χ0) is 20.8. The topological polar surface area (TPSA) is 29.0 Å². The van der Waals surface area contributed by atoms with E-state index in [0.717, 1.165) is 35.4 Å². The predicted molar refractivity (Wildman–Crippen MR) is 128 cm³/mol. The molecule has 0 unspecified atom stereocenters. The van der Waals surface area contributed by atoms with E-state index in [1.54, 1.807) is 11.3 Å². The molecule has 0 fully saturated rings. The van der Waals surface area contributed by atoms with Gasteiger partial charge in [0.1, 0.15) is 10.6 Å². The molecule has 0 atom stereocenters. The highest BCUT2D eigenvalue weighted by molar-refractivity contribution is 7.19. The third-order valence-corrected chi connectivity index (χ3v) is 7.08. The first kappa shape index (κ1) is 19.5. The lowest BCUT2D eigenvalue weighted by molar-refractivity contribution is 0.761. The lowest BCUT2D eigenvalue weighted by atomic mass is 9.97. The number of hydrogen-bond acceptors (Lipinski definition) is 4. The maximum absolute atomic E-state index is 6.39. The molecule has 0 saturated carbocycles. The number of halogens is 1. The number of hydrogen-bond donors (Lipinski definition) is 0. The summed E-state index contributed by atoms with van der Waals surface area (Å²) in [5.41, 5.74) is 6.37. The van der Waals surface area contributed by atoms with E-state index in [-0.39, 0.29) is 0 Å². The van der Waals surface area contributed by atoms with Crippen LogP contribution in [0.5, 0.6) is 0 Å². The van der Waals surface area contributed by atoms with E-state index in [9.17, 15) is 0 Å². The summed E-state index contributed by atoms with van der Waals surface area (Å²) in [7, 11) is 0. The second-order valence-corrected chi connectivity index (χ2v) is 9.73.